The lowest BCUT2D eigenvalue weighted by Crippen LogP contribution is -2.38. The van der Waals surface area contributed by atoms with E-state index in [0.717, 1.165) is 6.42 Å². The Labute approximate surface area is 152 Å². The van der Waals surface area contributed by atoms with Gasteiger partial charge >= 0.3 is 6.03 Å². The minimum Gasteiger partial charge on any atom is -0.487 e. The van der Waals surface area contributed by atoms with Crippen molar-refractivity contribution < 1.29 is 14.3 Å². The Morgan fingerprint density at radius 1 is 1.16 bits per heavy atom. The van der Waals surface area contributed by atoms with E-state index in [-0.39, 0.29) is 6.03 Å². The molecule has 0 fully saturated rings. The molecule has 3 rings (SSSR count). The zero-order chi connectivity index (χ0) is 17.6. The van der Waals surface area contributed by atoms with Crippen molar-refractivity contribution >= 4 is 23.3 Å². The third-order valence-electron chi connectivity index (χ3n) is 4.16. The second kappa shape index (κ2) is 8.23. The van der Waals surface area contributed by atoms with Crippen molar-refractivity contribution in [3.05, 3.63) is 58.6 Å². The fourth-order valence-electron chi connectivity index (χ4n) is 2.84. The second-order valence-corrected chi connectivity index (χ2v) is 6.24. The van der Waals surface area contributed by atoms with E-state index in [4.69, 9.17) is 21.1 Å². The van der Waals surface area contributed by atoms with E-state index < -0.39 is 0 Å². The normalized spacial score (nSPS) is 13.3. The van der Waals surface area contributed by atoms with Gasteiger partial charge in [-0.1, -0.05) is 41.9 Å². The van der Waals surface area contributed by atoms with Crippen LogP contribution in [0, 0.1) is 0 Å². The van der Waals surface area contributed by atoms with Crippen molar-refractivity contribution in [2.24, 2.45) is 0 Å². The summed E-state index contributed by atoms with van der Waals surface area (Å²) in [6.07, 6.45) is 0.857. The van der Waals surface area contributed by atoms with Gasteiger partial charge in [-0.15, -0.1) is 0 Å². The third-order valence-corrected chi connectivity index (χ3v) is 4.46. The molecule has 1 heterocycles. The van der Waals surface area contributed by atoms with Crippen LogP contribution < -0.4 is 10.1 Å². The number of urea groups is 1. The SMILES string of the molecule is COCCOc1c(Cl)cccc1NC(=O)N1CCc2ccccc2C1. The summed E-state index contributed by atoms with van der Waals surface area (Å²) in [6.45, 7) is 2.09. The molecule has 25 heavy (non-hydrogen) atoms. The van der Waals surface area contributed by atoms with Gasteiger partial charge in [0.25, 0.3) is 0 Å². The first-order valence-electron chi connectivity index (χ1n) is 8.22. The summed E-state index contributed by atoms with van der Waals surface area (Å²) in [5, 5.41) is 3.37. The first-order chi connectivity index (χ1) is 12.2. The van der Waals surface area contributed by atoms with Crippen LogP contribution in [0.15, 0.2) is 42.5 Å². The number of ether oxygens (including phenoxy) is 2. The monoisotopic (exact) mass is 360 g/mol. The van der Waals surface area contributed by atoms with Gasteiger partial charge in [-0.05, 0) is 29.7 Å². The van der Waals surface area contributed by atoms with Gasteiger partial charge in [-0.3, -0.25) is 0 Å². The van der Waals surface area contributed by atoms with Crippen LogP contribution in [0.2, 0.25) is 5.02 Å². The molecule has 6 heteroatoms. The highest BCUT2D eigenvalue weighted by atomic mass is 35.5. The maximum absolute atomic E-state index is 12.7. The van der Waals surface area contributed by atoms with Gasteiger partial charge in [0.15, 0.2) is 5.75 Å². The molecule has 0 saturated heterocycles. The number of rotatable bonds is 5. The van der Waals surface area contributed by atoms with Crippen molar-refractivity contribution in [2.75, 3.05) is 32.2 Å². The van der Waals surface area contributed by atoms with Gasteiger partial charge in [0.2, 0.25) is 0 Å². The first kappa shape index (κ1) is 17.6. The maximum atomic E-state index is 12.7. The largest absolute Gasteiger partial charge is 0.487 e. The lowest BCUT2D eigenvalue weighted by atomic mass is 10.0. The summed E-state index contributed by atoms with van der Waals surface area (Å²) in [4.78, 5) is 14.5. The van der Waals surface area contributed by atoms with E-state index in [9.17, 15) is 4.79 Å². The summed E-state index contributed by atoms with van der Waals surface area (Å²) >= 11 is 6.21. The predicted octanol–water partition coefficient (Wildman–Crippen LogP) is 3.96. The summed E-state index contributed by atoms with van der Waals surface area (Å²) in [5.74, 6) is 0.465. The van der Waals surface area contributed by atoms with Crippen molar-refractivity contribution in [1.82, 2.24) is 4.90 Å². The minimum absolute atomic E-state index is 0.159. The van der Waals surface area contributed by atoms with Gasteiger partial charge in [-0.2, -0.15) is 0 Å². The molecule has 0 bridgehead atoms. The van der Waals surface area contributed by atoms with E-state index >= 15 is 0 Å². The zero-order valence-electron chi connectivity index (χ0n) is 14.1. The highest BCUT2D eigenvalue weighted by molar-refractivity contribution is 6.32. The highest BCUT2D eigenvalue weighted by Crippen LogP contribution is 2.33. The molecule has 0 atom stereocenters. The van der Waals surface area contributed by atoms with Crippen molar-refractivity contribution in [2.45, 2.75) is 13.0 Å². The molecular weight excluding hydrogens is 340 g/mol. The van der Waals surface area contributed by atoms with Crippen LogP contribution in [0.5, 0.6) is 5.75 Å². The topological polar surface area (TPSA) is 50.8 Å². The average molecular weight is 361 g/mol. The quantitative estimate of drug-likeness (QED) is 0.821. The number of fused-ring (bicyclic) bond motifs is 1. The molecule has 2 amide bonds. The third kappa shape index (κ3) is 4.24. The van der Waals surface area contributed by atoms with Gasteiger partial charge in [-0.25, -0.2) is 4.79 Å². The summed E-state index contributed by atoms with van der Waals surface area (Å²) < 4.78 is 10.7. The van der Waals surface area contributed by atoms with Crippen LogP contribution in [0.4, 0.5) is 10.5 Å². The molecule has 132 valence electrons. The van der Waals surface area contributed by atoms with Crippen LogP contribution in [0.25, 0.3) is 0 Å². The molecule has 0 aromatic heterocycles. The number of para-hydroxylation sites is 1. The molecule has 1 N–H and O–H groups in total. The van der Waals surface area contributed by atoms with Crippen LogP contribution in [-0.4, -0.2) is 37.8 Å². The fraction of sp³-hybridized carbons (Fsp3) is 0.316. The molecule has 5 nitrogen and oxygen atoms in total. The predicted molar refractivity (Wildman–Crippen MR) is 98.4 cm³/mol. The lowest BCUT2D eigenvalue weighted by molar-refractivity contribution is 0.146. The number of amides is 2. The first-order valence-corrected chi connectivity index (χ1v) is 8.60. The van der Waals surface area contributed by atoms with Crippen molar-refractivity contribution in [3.8, 4) is 5.75 Å². The van der Waals surface area contributed by atoms with E-state index in [1.54, 1.807) is 30.2 Å². The number of methoxy groups -OCH3 is 1. The number of benzene rings is 2. The number of carbonyl (C=O) groups is 1. The number of carbonyl (C=O) groups excluding carboxylic acids is 1. The molecule has 0 radical (unpaired) electrons. The maximum Gasteiger partial charge on any atom is 0.322 e. The molecule has 2 aromatic rings. The molecule has 2 aromatic carbocycles. The Morgan fingerprint density at radius 2 is 1.96 bits per heavy atom. The Bertz CT molecular complexity index is 751. The van der Waals surface area contributed by atoms with Gasteiger partial charge in [0.05, 0.1) is 17.3 Å². The number of hydrogen-bond donors (Lipinski definition) is 1. The number of nitrogens with one attached hydrogen (secondary N) is 1. The fourth-order valence-corrected chi connectivity index (χ4v) is 3.07. The zero-order valence-corrected chi connectivity index (χ0v) is 14.9. The minimum atomic E-state index is -0.159. The van der Waals surface area contributed by atoms with Gasteiger partial charge in [0.1, 0.15) is 6.61 Å². The van der Waals surface area contributed by atoms with E-state index in [1.165, 1.54) is 11.1 Å². The summed E-state index contributed by atoms with van der Waals surface area (Å²) in [7, 11) is 1.60. The number of nitrogens with zero attached hydrogens (tertiary/aromatic N) is 1. The van der Waals surface area contributed by atoms with Gasteiger partial charge < -0.3 is 19.7 Å². The molecule has 0 spiro atoms. The Balaban J connectivity index is 1.70. The Morgan fingerprint density at radius 3 is 2.76 bits per heavy atom. The van der Waals surface area contributed by atoms with Gasteiger partial charge in [0, 0.05) is 20.2 Å². The van der Waals surface area contributed by atoms with Crippen LogP contribution in [-0.2, 0) is 17.7 Å². The van der Waals surface area contributed by atoms with Crippen LogP contribution in [0.3, 0.4) is 0 Å². The molecular formula is C19H21ClN2O3. The summed E-state index contributed by atoms with van der Waals surface area (Å²) in [5.41, 5.74) is 3.05. The number of halogens is 1. The average Bonchev–Trinajstić information content (AvgIpc) is 2.63. The highest BCUT2D eigenvalue weighted by Gasteiger charge is 2.21. The molecule has 0 unspecified atom stereocenters. The molecule has 0 saturated carbocycles. The Hall–Kier alpha value is -2.24. The van der Waals surface area contributed by atoms with Crippen molar-refractivity contribution in [1.29, 1.82) is 0 Å². The molecule has 1 aliphatic rings. The number of hydrogen-bond acceptors (Lipinski definition) is 3. The second-order valence-electron chi connectivity index (χ2n) is 5.83. The standard InChI is InChI=1S/C19H21ClN2O3/c1-24-11-12-25-18-16(20)7-4-8-17(18)21-19(23)22-10-9-14-5-2-3-6-15(14)13-22/h2-8H,9-13H2,1H3,(H,21,23). The van der Waals surface area contributed by atoms with E-state index in [2.05, 4.69) is 17.4 Å². The van der Waals surface area contributed by atoms with Crippen molar-refractivity contribution in [3.63, 3.8) is 0 Å². The molecule has 1 aliphatic heterocycles. The van der Waals surface area contributed by atoms with Crippen LogP contribution in [0.1, 0.15) is 11.1 Å². The molecule has 0 aliphatic carbocycles. The number of anilines is 1. The van der Waals surface area contributed by atoms with E-state index in [1.807, 2.05) is 12.1 Å². The summed E-state index contributed by atoms with van der Waals surface area (Å²) in [6, 6.07) is 13.3. The smallest absolute Gasteiger partial charge is 0.322 e. The van der Waals surface area contributed by atoms with Crippen LogP contribution >= 0.6 is 11.6 Å². The van der Waals surface area contributed by atoms with E-state index in [0.29, 0.717) is 42.8 Å². The Kier molecular flexibility index (Phi) is 5.79. The lowest BCUT2D eigenvalue weighted by Gasteiger charge is -2.29.